The number of likely N-dealkylation sites (N-methyl/N-ethyl adjacent to an activating group) is 1. The Morgan fingerprint density at radius 3 is 2.53 bits per heavy atom. The number of hydrogen-bond acceptors (Lipinski definition) is 7. The maximum absolute atomic E-state index is 13.0. The van der Waals surface area contributed by atoms with Gasteiger partial charge >= 0.3 is 0 Å². The van der Waals surface area contributed by atoms with Crippen LogP contribution in [0.2, 0.25) is 0 Å². The van der Waals surface area contributed by atoms with E-state index in [1.165, 1.54) is 13.2 Å². The Balaban J connectivity index is 2.09. The van der Waals surface area contributed by atoms with Gasteiger partial charge in [-0.2, -0.15) is 0 Å². The number of hydrogen-bond donors (Lipinski definition) is 4. The molecule has 1 aliphatic carbocycles. The Labute approximate surface area is 189 Å². The van der Waals surface area contributed by atoms with Gasteiger partial charge in [0.25, 0.3) is 5.91 Å². The lowest BCUT2D eigenvalue weighted by molar-refractivity contribution is -0.152. The maximum Gasteiger partial charge on any atom is 0.252 e. The summed E-state index contributed by atoms with van der Waals surface area (Å²) in [6.07, 6.45) is 3.85. The second kappa shape index (κ2) is 11.2. The van der Waals surface area contributed by atoms with E-state index in [2.05, 4.69) is 5.32 Å². The van der Waals surface area contributed by atoms with Crippen LogP contribution in [0, 0.1) is 5.41 Å². The number of methoxy groups -OCH3 is 1. The Kier molecular flexibility index (Phi) is 9.18. The third-order valence-electron chi connectivity index (χ3n) is 5.43. The molecule has 0 radical (unpaired) electrons. The zero-order valence-electron chi connectivity index (χ0n) is 19.3. The second-order valence-electron chi connectivity index (χ2n) is 9.10. The summed E-state index contributed by atoms with van der Waals surface area (Å²) in [5.41, 5.74) is -0.240. The minimum Gasteiger partial charge on any atom is -0.387 e. The third-order valence-corrected chi connectivity index (χ3v) is 5.43. The monoisotopic (exact) mass is 452 g/mol. The molecule has 0 aromatic carbocycles. The van der Waals surface area contributed by atoms with Crippen LogP contribution in [0.5, 0.6) is 0 Å². The van der Waals surface area contributed by atoms with Gasteiger partial charge < -0.3 is 35.0 Å². The standard InChI is InChI=1S/C23H36N2O7/c1-6-25-15-9-7-8-10-17(15)32-13-14(22(25)30)24-21(29)20(31-5)19(28)18(27)16(26)11-12-23(2,3)4/h7-12,14-20,26-28H,6,13H2,1-5H3,(H,24,29)/b12-11+/t14-,15?,16+,17?,18-,19+,20+/m0/s1. The Bertz CT molecular complexity index is 743. The van der Waals surface area contributed by atoms with Gasteiger partial charge in [0, 0.05) is 13.7 Å². The van der Waals surface area contributed by atoms with Crippen molar-refractivity contribution in [3.8, 4) is 0 Å². The fourth-order valence-electron chi connectivity index (χ4n) is 3.64. The highest BCUT2D eigenvalue weighted by atomic mass is 16.5. The van der Waals surface area contributed by atoms with E-state index < -0.39 is 36.4 Å². The molecule has 0 spiro atoms. The van der Waals surface area contributed by atoms with Crippen molar-refractivity contribution in [3.05, 3.63) is 36.5 Å². The van der Waals surface area contributed by atoms with Crippen molar-refractivity contribution in [2.45, 2.75) is 70.3 Å². The molecule has 0 aromatic heterocycles. The van der Waals surface area contributed by atoms with Gasteiger partial charge in [0.15, 0.2) is 6.10 Å². The number of ether oxygens (including phenoxy) is 2. The van der Waals surface area contributed by atoms with Crippen LogP contribution < -0.4 is 5.32 Å². The highest BCUT2D eigenvalue weighted by Gasteiger charge is 2.40. The summed E-state index contributed by atoms with van der Waals surface area (Å²) in [4.78, 5) is 27.5. The van der Waals surface area contributed by atoms with E-state index in [0.717, 1.165) is 0 Å². The molecule has 180 valence electrons. The number of aliphatic hydroxyl groups excluding tert-OH is 3. The van der Waals surface area contributed by atoms with Gasteiger partial charge in [-0.3, -0.25) is 9.59 Å². The number of nitrogens with zero attached hydrogens (tertiary/aromatic N) is 1. The zero-order chi connectivity index (χ0) is 24.1. The quantitative estimate of drug-likeness (QED) is 0.379. The minimum absolute atomic E-state index is 0.0492. The summed E-state index contributed by atoms with van der Waals surface area (Å²) in [6.45, 7) is 7.96. The van der Waals surface area contributed by atoms with E-state index in [0.29, 0.717) is 6.54 Å². The molecule has 4 N–H and O–H groups in total. The molecule has 2 aliphatic rings. The van der Waals surface area contributed by atoms with Crippen molar-refractivity contribution >= 4 is 11.8 Å². The van der Waals surface area contributed by atoms with Crippen molar-refractivity contribution in [2.75, 3.05) is 20.3 Å². The molecule has 2 rings (SSSR count). The fraction of sp³-hybridized carbons (Fsp3) is 0.652. The van der Waals surface area contributed by atoms with Gasteiger partial charge in [-0.1, -0.05) is 57.2 Å². The highest BCUT2D eigenvalue weighted by molar-refractivity contribution is 5.90. The number of rotatable bonds is 8. The predicted molar refractivity (Wildman–Crippen MR) is 119 cm³/mol. The van der Waals surface area contributed by atoms with Gasteiger partial charge in [0.1, 0.15) is 24.4 Å². The molecule has 9 nitrogen and oxygen atoms in total. The Hall–Kier alpha value is -2.04. The lowest BCUT2D eigenvalue weighted by Crippen LogP contribution is -2.57. The largest absolute Gasteiger partial charge is 0.387 e. The fourth-order valence-corrected chi connectivity index (χ4v) is 3.64. The molecule has 1 heterocycles. The number of carbonyl (C=O) groups is 2. The molecule has 1 fully saturated rings. The lowest BCUT2D eigenvalue weighted by atomic mass is 9.94. The predicted octanol–water partition coefficient (Wildman–Crippen LogP) is -0.0869. The summed E-state index contributed by atoms with van der Waals surface area (Å²) in [5, 5.41) is 33.6. The van der Waals surface area contributed by atoms with E-state index in [1.807, 2.05) is 52.0 Å². The second-order valence-corrected chi connectivity index (χ2v) is 9.10. The van der Waals surface area contributed by atoms with E-state index in [1.54, 1.807) is 11.0 Å². The van der Waals surface area contributed by atoms with Crippen LogP contribution in [0.25, 0.3) is 0 Å². The SMILES string of the molecule is CCN1C(=O)[C@@H](NC(=O)[C@H](OC)[C@H](O)[C@@H](O)[C@H](O)/C=C/C(C)(C)C)COC2C=CC=CC21. The van der Waals surface area contributed by atoms with Gasteiger partial charge in [-0.25, -0.2) is 0 Å². The first-order valence-electron chi connectivity index (χ1n) is 10.8. The normalized spacial score (nSPS) is 27.6. The van der Waals surface area contributed by atoms with Gasteiger partial charge in [0.05, 0.1) is 18.8 Å². The zero-order valence-corrected chi connectivity index (χ0v) is 19.3. The molecular weight excluding hydrogens is 416 g/mol. The molecule has 1 saturated heterocycles. The van der Waals surface area contributed by atoms with Crippen LogP contribution in [0.3, 0.4) is 0 Å². The summed E-state index contributed by atoms with van der Waals surface area (Å²) in [6, 6.07) is -1.25. The number of carbonyl (C=O) groups excluding carboxylic acids is 2. The van der Waals surface area contributed by atoms with Gasteiger partial charge in [-0.15, -0.1) is 0 Å². The highest BCUT2D eigenvalue weighted by Crippen LogP contribution is 2.21. The Morgan fingerprint density at radius 1 is 1.28 bits per heavy atom. The average Bonchev–Trinajstić information content (AvgIpc) is 2.87. The van der Waals surface area contributed by atoms with Gasteiger partial charge in [0.2, 0.25) is 5.91 Å². The van der Waals surface area contributed by atoms with Crippen LogP contribution in [-0.4, -0.2) is 94.9 Å². The van der Waals surface area contributed by atoms with Crippen molar-refractivity contribution in [1.82, 2.24) is 10.2 Å². The first kappa shape index (κ1) is 26.2. The molecule has 0 bridgehead atoms. The number of nitrogens with one attached hydrogen (secondary N) is 1. The summed E-state index contributed by atoms with van der Waals surface area (Å²) in [7, 11) is 1.20. The molecule has 7 atom stereocenters. The molecule has 0 saturated carbocycles. The first-order chi connectivity index (χ1) is 15.0. The lowest BCUT2D eigenvalue weighted by Gasteiger charge is -2.32. The third kappa shape index (κ3) is 6.49. The van der Waals surface area contributed by atoms with Crippen molar-refractivity contribution in [2.24, 2.45) is 5.41 Å². The number of fused-ring (bicyclic) bond motifs is 1. The molecule has 32 heavy (non-hydrogen) atoms. The van der Waals surface area contributed by atoms with E-state index in [-0.39, 0.29) is 30.1 Å². The minimum atomic E-state index is -1.72. The molecule has 2 unspecified atom stereocenters. The smallest absolute Gasteiger partial charge is 0.252 e. The summed E-state index contributed by atoms with van der Waals surface area (Å²) >= 11 is 0. The van der Waals surface area contributed by atoms with E-state index in [9.17, 15) is 24.9 Å². The average molecular weight is 453 g/mol. The molecule has 0 aromatic rings. The van der Waals surface area contributed by atoms with Crippen LogP contribution in [0.15, 0.2) is 36.5 Å². The van der Waals surface area contributed by atoms with Crippen molar-refractivity contribution < 1.29 is 34.4 Å². The van der Waals surface area contributed by atoms with Crippen molar-refractivity contribution in [1.29, 1.82) is 0 Å². The topological polar surface area (TPSA) is 129 Å². The molecular formula is C23H36N2O7. The van der Waals surface area contributed by atoms with Crippen LogP contribution in [-0.2, 0) is 19.1 Å². The van der Waals surface area contributed by atoms with Crippen molar-refractivity contribution in [3.63, 3.8) is 0 Å². The van der Waals surface area contributed by atoms with Gasteiger partial charge in [-0.05, 0) is 12.3 Å². The molecule has 1 aliphatic heterocycles. The first-order valence-corrected chi connectivity index (χ1v) is 10.8. The van der Waals surface area contributed by atoms with Crippen LogP contribution in [0.4, 0.5) is 0 Å². The number of aliphatic hydroxyl groups is 3. The summed E-state index contributed by atoms with van der Waals surface area (Å²) < 4.78 is 10.9. The van der Waals surface area contributed by atoms with E-state index in [4.69, 9.17) is 9.47 Å². The van der Waals surface area contributed by atoms with Crippen LogP contribution >= 0.6 is 0 Å². The Morgan fingerprint density at radius 2 is 1.94 bits per heavy atom. The molecule has 9 heteroatoms. The molecule has 2 amide bonds. The number of allylic oxidation sites excluding steroid dienone is 3. The summed E-state index contributed by atoms with van der Waals surface area (Å²) in [5.74, 6) is -1.11. The maximum atomic E-state index is 13.0. The van der Waals surface area contributed by atoms with E-state index >= 15 is 0 Å². The number of amides is 2. The van der Waals surface area contributed by atoms with Crippen LogP contribution in [0.1, 0.15) is 27.7 Å².